The summed E-state index contributed by atoms with van der Waals surface area (Å²) < 4.78 is 5.31. The maximum atomic E-state index is 12.1. The molecular formula is C15H21N3O2. The predicted octanol–water partition coefficient (Wildman–Crippen LogP) is -0.0220. The number of carbonyl (C=O) groups excluding carboxylic acids is 1. The number of hydrogen-bond donors (Lipinski definition) is 3. The fourth-order valence-corrected chi connectivity index (χ4v) is 2.83. The SMILES string of the molecule is O=C(NCC1NCCc2ccccc21)C1COCCN1. The highest BCUT2D eigenvalue weighted by atomic mass is 16.5. The number of carbonyl (C=O) groups is 1. The lowest BCUT2D eigenvalue weighted by Crippen LogP contribution is -2.52. The molecule has 20 heavy (non-hydrogen) atoms. The van der Waals surface area contributed by atoms with E-state index in [2.05, 4.69) is 40.2 Å². The lowest BCUT2D eigenvalue weighted by atomic mass is 9.94. The van der Waals surface area contributed by atoms with Gasteiger partial charge in [0.1, 0.15) is 6.04 Å². The number of rotatable bonds is 3. The van der Waals surface area contributed by atoms with Crippen LogP contribution in [0.25, 0.3) is 0 Å². The van der Waals surface area contributed by atoms with Crippen LogP contribution in [-0.2, 0) is 16.0 Å². The highest BCUT2D eigenvalue weighted by Crippen LogP contribution is 2.21. The van der Waals surface area contributed by atoms with Gasteiger partial charge in [-0.25, -0.2) is 0 Å². The molecule has 5 nitrogen and oxygen atoms in total. The van der Waals surface area contributed by atoms with Gasteiger partial charge in [-0.3, -0.25) is 4.79 Å². The molecule has 2 atom stereocenters. The Morgan fingerprint density at radius 3 is 3.05 bits per heavy atom. The third kappa shape index (κ3) is 3.00. The average molecular weight is 275 g/mol. The normalized spacial score (nSPS) is 25.8. The van der Waals surface area contributed by atoms with E-state index in [1.807, 2.05) is 0 Å². The zero-order valence-corrected chi connectivity index (χ0v) is 11.5. The second-order valence-corrected chi connectivity index (χ2v) is 5.28. The number of fused-ring (bicyclic) bond motifs is 1. The lowest BCUT2D eigenvalue weighted by molar-refractivity contribution is -0.126. The van der Waals surface area contributed by atoms with Crippen LogP contribution < -0.4 is 16.0 Å². The molecule has 5 heteroatoms. The summed E-state index contributed by atoms with van der Waals surface area (Å²) in [6, 6.07) is 8.42. The van der Waals surface area contributed by atoms with Gasteiger partial charge in [-0.05, 0) is 24.1 Å². The standard InChI is InChI=1S/C15H21N3O2/c19-15(14-10-20-8-7-17-14)18-9-13-12-4-2-1-3-11(12)5-6-16-13/h1-4,13-14,16-17H,5-10H2,(H,18,19). The number of amides is 1. The molecule has 0 aliphatic carbocycles. The van der Waals surface area contributed by atoms with E-state index in [9.17, 15) is 4.79 Å². The quantitative estimate of drug-likeness (QED) is 0.725. The molecule has 1 amide bonds. The Bertz CT molecular complexity index is 472. The molecule has 0 aromatic heterocycles. The first-order chi connectivity index (χ1) is 9.84. The van der Waals surface area contributed by atoms with E-state index in [1.165, 1.54) is 11.1 Å². The van der Waals surface area contributed by atoms with Crippen molar-refractivity contribution in [1.29, 1.82) is 0 Å². The smallest absolute Gasteiger partial charge is 0.239 e. The largest absolute Gasteiger partial charge is 0.378 e. The Labute approximate surface area is 119 Å². The van der Waals surface area contributed by atoms with Crippen LogP contribution in [0.3, 0.4) is 0 Å². The van der Waals surface area contributed by atoms with Crippen LogP contribution in [0.5, 0.6) is 0 Å². The first-order valence-corrected chi connectivity index (χ1v) is 7.24. The maximum Gasteiger partial charge on any atom is 0.239 e. The van der Waals surface area contributed by atoms with Gasteiger partial charge in [0.2, 0.25) is 5.91 Å². The molecule has 3 rings (SSSR count). The minimum atomic E-state index is -0.220. The summed E-state index contributed by atoms with van der Waals surface area (Å²) in [6.45, 7) is 3.46. The van der Waals surface area contributed by atoms with Crippen LogP contribution in [0, 0.1) is 0 Å². The average Bonchev–Trinajstić information content (AvgIpc) is 2.53. The molecule has 0 saturated carbocycles. The van der Waals surface area contributed by atoms with Crippen LogP contribution in [0.2, 0.25) is 0 Å². The summed E-state index contributed by atoms with van der Waals surface area (Å²) in [5, 5.41) is 9.65. The van der Waals surface area contributed by atoms with Crippen molar-refractivity contribution in [2.75, 3.05) is 32.8 Å². The Morgan fingerprint density at radius 2 is 2.20 bits per heavy atom. The monoisotopic (exact) mass is 275 g/mol. The number of nitrogens with one attached hydrogen (secondary N) is 3. The van der Waals surface area contributed by atoms with Crippen molar-refractivity contribution in [2.24, 2.45) is 0 Å². The fraction of sp³-hybridized carbons (Fsp3) is 0.533. The molecule has 1 fully saturated rings. The van der Waals surface area contributed by atoms with E-state index >= 15 is 0 Å². The van der Waals surface area contributed by atoms with Crippen molar-refractivity contribution >= 4 is 5.91 Å². The Balaban J connectivity index is 1.57. The van der Waals surface area contributed by atoms with E-state index in [1.54, 1.807) is 0 Å². The van der Waals surface area contributed by atoms with Gasteiger partial charge in [0.25, 0.3) is 0 Å². The second-order valence-electron chi connectivity index (χ2n) is 5.28. The van der Waals surface area contributed by atoms with Crippen LogP contribution in [0.15, 0.2) is 24.3 Å². The van der Waals surface area contributed by atoms with Crippen molar-refractivity contribution in [3.63, 3.8) is 0 Å². The first-order valence-electron chi connectivity index (χ1n) is 7.24. The molecule has 1 aromatic carbocycles. The van der Waals surface area contributed by atoms with Crippen molar-refractivity contribution in [3.05, 3.63) is 35.4 Å². The van der Waals surface area contributed by atoms with E-state index in [0.717, 1.165) is 19.5 Å². The van der Waals surface area contributed by atoms with Gasteiger partial charge in [0.15, 0.2) is 0 Å². The number of morpholine rings is 1. The van der Waals surface area contributed by atoms with E-state index in [-0.39, 0.29) is 18.0 Å². The van der Waals surface area contributed by atoms with Crippen LogP contribution in [-0.4, -0.2) is 44.8 Å². The van der Waals surface area contributed by atoms with E-state index < -0.39 is 0 Å². The topological polar surface area (TPSA) is 62.4 Å². The summed E-state index contributed by atoms with van der Waals surface area (Å²) in [7, 11) is 0. The van der Waals surface area contributed by atoms with E-state index in [0.29, 0.717) is 19.8 Å². The van der Waals surface area contributed by atoms with Gasteiger partial charge in [0.05, 0.1) is 13.2 Å². The molecule has 2 aliphatic rings. The molecule has 1 saturated heterocycles. The number of ether oxygens (including phenoxy) is 1. The third-order valence-corrected chi connectivity index (χ3v) is 3.93. The van der Waals surface area contributed by atoms with Crippen LogP contribution in [0.1, 0.15) is 17.2 Å². The van der Waals surface area contributed by atoms with E-state index in [4.69, 9.17) is 4.74 Å². The zero-order valence-electron chi connectivity index (χ0n) is 11.5. The van der Waals surface area contributed by atoms with Gasteiger partial charge >= 0.3 is 0 Å². The van der Waals surface area contributed by atoms with Gasteiger partial charge < -0.3 is 20.7 Å². The van der Waals surface area contributed by atoms with Crippen molar-refractivity contribution in [3.8, 4) is 0 Å². The molecule has 2 aliphatic heterocycles. The Kier molecular flexibility index (Phi) is 4.30. The molecule has 2 unspecified atom stereocenters. The molecule has 1 aromatic rings. The molecule has 0 bridgehead atoms. The van der Waals surface area contributed by atoms with Gasteiger partial charge in [0, 0.05) is 19.1 Å². The fourth-order valence-electron chi connectivity index (χ4n) is 2.83. The van der Waals surface area contributed by atoms with Crippen molar-refractivity contribution in [2.45, 2.75) is 18.5 Å². The molecule has 0 radical (unpaired) electrons. The molecule has 0 spiro atoms. The summed E-state index contributed by atoms with van der Waals surface area (Å²) in [5.74, 6) is 0.0227. The van der Waals surface area contributed by atoms with Crippen molar-refractivity contribution < 1.29 is 9.53 Å². The van der Waals surface area contributed by atoms with Gasteiger partial charge in [-0.15, -0.1) is 0 Å². The summed E-state index contributed by atoms with van der Waals surface area (Å²) >= 11 is 0. The summed E-state index contributed by atoms with van der Waals surface area (Å²) in [5.41, 5.74) is 2.68. The Morgan fingerprint density at radius 1 is 1.30 bits per heavy atom. The summed E-state index contributed by atoms with van der Waals surface area (Å²) in [4.78, 5) is 12.1. The third-order valence-electron chi connectivity index (χ3n) is 3.93. The number of hydrogen-bond acceptors (Lipinski definition) is 4. The molecule has 2 heterocycles. The number of benzene rings is 1. The second kappa shape index (κ2) is 6.35. The maximum absolute atomic E-state index is 12.1. The molecule has 108 valence electrons. The minimum Gasteiger partial charge on any atom is -0.378 e. The van der Waals surface area contributed by atoms with Gasteiger partial charge in [-0.1, -0.05) is 24.3 Å². The minimum absolute atomic E-state index is 0.0227. The molecular weight excluding hydrogens is 254 g/mol. The van der Waals surface area contributed by atoms with Crippen LogP contribution in [0.4, 0.5) is 0 Å². The Hall–Kier alpha value is -1.43. The molecule has 3 N–H and O–H groups in total. The predicted molar refractivity (Wildman–Crippen MR) is 76.5 cm³/mol. The van der Waals surface area contributed by atoms with Crippen molar-refractivity contribution in [1.82, 2.24) is 16.0 Å². The highest BCUT2D eigenvalue weighted by Gasteiger charge is 2.23. The highest BCUT2D eigenvalue weighted by molar-refractivity contribution is 5.82. The zero-order chi connectivity index (χ0) is 13.8. The van der Waals surface area contributed by atoms with Gasteiger partial charge in [-0.2, -0.15) is 0 Å². The summed E-state index contributed by atoms with van der Waals surface area (Å²) in [6.07, 6.45) is 1.05. The van der Waals surface area contributed by atoms with Crippen LogP contribution >= 0.6 is 0 Å². The first kappa shape index (κ1) is 13.5. The lowest BCUT2D eigenvalue weighted by Gasteiger charge is -2.28.